The average molecular weight is 591 g/mol. The van der Waals surface area contributed by atoms with Crippen molar-refractivity contribution in [2.45, 2.75) is 232 Å². The molecule has 0 fully saturated rings. The van der Waals surface area contributed by atoms with E-state index in [9.17, 15) is 4.79 Å². The monoisotopic (exact) mass is 591 g/mol. The summed E-state index contributed by atoms with van der Waals surface area (Å²) >= 11 is 0. The largest absolute Gasteiger partial charge is 0.466 e. The SMILES string of the molecule is CCCCCCCC/C=C\CCCCCCCCCCOC(=O)CCCCCCCCCCCCCCCCCCC. The van der Waals surface area contributed by atoms with Crippen LogP contribution in [0, 0.1) is 0 Å². The summed E-state index contributed by atoms with van der Waals surface area (Å²) in [4.78, 5) is 12.0. The maximum atomic E-state index is 12.0. The summed E-state index contributed by atoms with van der Waals surface area (Å²) in [7, 11) is 0. The van der Waals surface area contributed by atoms with E-state index in [1.807, 2.05) is 0 Å². The highest BCUT2D eigenvalue weighted by Crippen LogP contribution is 2.15. The molecule has 0 bridgehead atoms. The summed E-state index contributed by atoms with van der Waals surface area (Å²) in [6, 6.07) is 0. The molecule has 0 saturated heterocycles. The van der Waals surface area contributed by atoms with Crippen molar-refractivity contribution in [3.63, 3.8) is 0 Å². The Kier molecular flexibility index (Phi) is 37.5. The third kappa shape index (κ3) is 37.2. The van der Waals surface area contributed by atoms with Gasteiger partial charge in [-0.1, -0.05) is 199 Å². The van der Waals surface area contributed by atoms with Crippen LogP contribution >= 0.6 is 0 Å². The molecule has 0 heterocycles. The molecule has 0 unspecified atom stereocenters. The summed E-state index contributed by atoms with van der Waals surface area (Å²) in [5.41, 5.74) is 0. The molecular weight excluding hydrogens is 512 g/mol. The van der Waals surface area contributed by atoms with Crippen LogP contribution in [-0.2, 0) is 9.53 Å². The zero-order valence-electron chi connectivity index (χ0n) is 29.2. The summed E-state index contributed by atoms with van der Waals surface area (Å²) in [6.07, 6.45) is 50.0. The quantitative estimate of drug-likeness (QED) is 0.0412. The Morgan fingerprint density at radius 2 is 0.667 bits per heavy atom. The summed E-state index contributed by atoms with van der Waals surface area (Å²) < 4.78 is 5.45. The highest BCUT2D eigenvalue weighted by Gasteiger charge is 2.03. The second-order valence-electron chi connectivity index (χ2n) is 13.3. The van der Waals surface area contributed by atoms with E-state index >= 15 is 0 Å². The Balaban J connectivity index is 3.18. The molecule has 2 nitrogen and oxygen atoms in total. The Bertz CT molecular complexity index is 526. The van der Waals surface area contributed by atoms with Gasteiger partial charge in [-0.05, 0) is 38.5 Å². The van der Waals surface area contributed by atoms with Crippen molar-refractivity contribution >= 4 is 5.97 Å². The van der Waals surface area contributed by atoms with Crippen LogP contribution in [0.2, 0.25) is 0 Å². The molecule has 0 aromatic rings. The second kappa shape index (κ2) is 38.2. The van der Waals surface area contributed by atoms with Gasteiger partial charge in [-0.25, -0.2) is 0 Å². The third-order valence-electron chi connectivity index (χ3n) is 8.90. The first-order valence-corrected chi connectivity index (χ1v) is 19.6. The first kappa shape index (κ1) is 41.2. The summed E-state index contributed by atoms with van der Waals surface area (Å²) in [5, 5.41) is 0. The van der Waals surface area contributed by atoms with Crippen molar-refractivity contribution in [3.05, 3.63) is 12.2 Å². The van der Waals surface area contributed by atoms with E-state index in [2.05, 4.69) is 26.0 Å². The molecule has 0 aliphatic rings. The van der Waals surface area contributed by atoms with Crippen molar-refractivity contribution < 1.29 is 9.53 Å². The minimum Gasteiger partial charge on any atom is -0.466 e. The predicted molar refractivity (Wildman–Crippen MR) is 188 cm³/mol. The van der Waals surface area contributed by atoms with Crippen molar-refractivity contribution in [2.24, 2.45) is 0 Å². The molecule has 0 aliphatic heterocycles. The fraction of sp³-hybridized carbons (Fsp3) is 0.925. The van der Waals surface area contributed by atoms with E-state index in [1.54, 1.807) is 0 Å². The van der Waals surface area contributed by atoms with Crippen molar-refractivity contribution in [3.8, 4) is 0 Å². The molecule has 0 N–H and O–H groups in total. The highest BCUT2D eigenvalue weighted by molar-refractivity contribution is 5.69. The third-order valence-corrected chi connectivity index (χ3v) is 8.90. The number of hydrogen-bond acceptors (Lipinski definition) is 2. The lowest BCUT2D eigenvalue weighted by molar-refractivity contribution is -0.143. The van der Waals surface area contributed by atoms with E-state index < -0.39 is 0 Å². The molecule has 0 aromatic heterocycles. The van der Waals surface area contributed by atoms with Crippen LogP contribution in [0.5, 0.6) is 0 Å². The van der Waals surface area contributed by atoms with Crippen LogP contribution in [0.4, 0.5) is 0 Å². The highest BCUT2D eigenvalue weighted by atomic mass is 16.5. The molecule has 0 rings (SSSR count). The van der Waals surface area contributed by atoms with E-state index in [4.69, 9.17) is 4.74 Å². The van der Waals surface area contributed by atoms with Gasteiger partial charge in [0.1, 0.15) is 0 Å². The number of esters is 1. The average Bonchev–Trinajstić information content (AvgIpc) is 3.00. The number of rotatable bonds is 36. The molecule has 0 saturated carbocycles. The number of carbonyl (C=O) groups excluding carboxylic acids is 1. The number of unbranched alkanes of at least 4 members (excludes halogenated alkanes) is 30. The number of carbonyl (C=O) groups is 1. The van der Waals surface area contributed by atoms with Crippen LogP contribution in [0.15, 0.2) is 12.2 Å². The normalized spacial score (nSPS) is 11.6. The molecular formula is C40H78O2. The van der Waals surface area contributed by atoms with Crippen molar-refractivity contribution in [1.29, 1.82) is 0 Å². The maximum Gasteiger partial charge on any atom is 0.305 e. The Morgan fingerprint density at radius 3 is 1.02 bits per heavy atom. The second-order valence-corrected chi connectivity index (χ2v) is 13.3. The Hall–Kier alpha value is -0.790. The van der Waals surface area contributed by atoms with Gasteiger partial charge < -0.3 is 4.74 Å². The summed E-state index contributed by atoms with van der Waals surface area (Å²) in [6.45, 7) is 5.21. The van der Waals surface area contributed by atoms with Gasteiger partial charge in [-0.3, -0.25) is 4.79 Å². The van der Waals surface area contributed by atoms with Crippen LogP contribution in [0.1, 0.15) is 232 Å². The Labute approximate surface area is 266 Å². The van der Waals surface area contributed by atoms with Crippen LogP contribution in [0.25, 0.3) is 0 Å². The van der Waals surface area contributed by atoms with Gasteiger partial charge in [0.05, 0.1) is 6.61 Å². The molecule has 0 atom stereocenters. The zero-order chi connectivity index (χ0) is 30.4. The molecule has 0 radical (unpaired) electrons. The van der Waals surface area contributed by atoms with Gasteiger partial charge in [-0.15, -0.1) is 0 Å². The molecule has 0 aromatic carbocycles. The first-order valence-electron chi connectivity index (χ1n) is 19.6. The lowest BCUT2D eigenvalue weighted by Crippen LogP contribution is -2.05. The van der Waals surface area contributed by atoms with E-state index in [1.165, 1.54) is 199 Å². The molecule has 0 spiro atoms. The topological polar surface area (TPSA) is 26.3 Å². The number of hydrogen-bond donors (Lipinski definition) is 0. The van der Waals surface area contributed by atoms with Gasteiger partial charge >= 0.3 is 5.97 Å². The fourth-order valence-corrected chi connectivity index (χ4v) is 5.96. The van der Waals surface area contributed by atoms with Crippen molar-refractivity contribution in [1.82, 2.24) is 0 Å². The molecule has 0 amide bonds. The minimum atomic E-state index is 0.0250. The molecule has 2 heteroatoms. The van der Waals surface area contributed by atoms with E-state index in [-0.39, 0.29) is 5.97 Å². The van der Waals surface area contributed by atoms with Crippen LogP contribution in [-0.4, -0.2) is 12.6 Å². The van der Waals surface area contributed by atoms with Gasteiger partial charge in [0.2, 0.25) is 0 Å². The number of allylic oxidation sites excluding steroid dienone is 2. The van der Waals surface area contributed by atoms with Gasteiger partial charge in [0.15, 0.2) is 0 Å². The molecule has 250 valence electrons. The minimum absolute atomic E-state index is 0.0250. The van der Waals surface area contributed by atoms with E-state index in [0.717, 1.165) is 12.8 Å². The van der Waals surface area contributed by atoms with E-state index in [0.29, 0.717) is 13.0 Å². The molecule has 42 heavy (non-hydrogen) atoms. The van der Waals surface area contributed by atoms with Gasteiger partial charge in [0, 0.05) is 6.42 Å². The lowest BCUT2D eigenvalue weighted by atomic mass is 10.0. The standard InChI is InChI=1S/C40H78O2/c1-3-5-7-9-11-13-15-17-19-21-23-25-27-29-31-33-35-37-39-42-40(41)38-36-34-32-30-28-26-24-22-20-18-16-14-12-10-8-6-4-2/h17,19H,3-16,18,20-39H2,1-2H3/b19-17-. The van der Waals surface area contributed by atoms with Gasteiger partial charge in [0.25, 0.3) is 0 Å². The first-order chi connectivity index (χ1) is 20.8. The van der Waals surface area contributed by atoms with Crippen LogP contribution < -0.4 is 0 Å². The Morgan fingerprint density at radius 1 is 0.381 bits per heavy atom. The lowest BCUT2D eigenvalue weighted by Gasteiger charge is -2.06. The maximum absolute atomic E-state index is 12.0. The van der Waals surface area contributed by atoms with Crippen molar-refractivity contribution in [2.75, 3.05) is 6.61 Å². The fourth-order valence-electron chi connectivity index (χ4n) is 5.96. The number of ether oxygens (including phenoxy) is 1. The summed E-state index contributed by atoms with van der Waals surface area (Å²) in [5.74, 6) is 0.0250. The van der Waals surface area contributed by atoms with Crippen LogP contribution in [0.3, 0.4) is 0 Å². The predicted octanol–water partition coefficient (Wildman–Crippen LogP) is 14.4. The molecule has 0 aliphatic carbocycles. The van der Waals surface area contributed by atoms with Gasteiger partial charge in [-0.2, -0.15) is 0 Å². The zero-order valence-corrected chi connectivity index (χ0v) is 29.2. The smallest absolute Gasteiger partial charge is 0.305 e.